The molecule has 0 unspecified atom stereocenters. The summed E-state index contributed by atoms with van der Waals surface area (Å²) >= 11 is 12.0. The minimum absolute atomic E-state index is 0.117. The first kappa shape index (κ1) is 15.3. The lowest BCUT2D eigenvalue weighted by molar-refractivity contribution is 0.0730. The largest absolute Gasteiger partial charge is 0.331 e. The summed E-state index contributed by atoms with van der Waals surface area (Å²) in [4.78, 5) is 14.5. The average molecular weight is 338 g/mol. The number of carbonyl (C=O) groups excluding carboxylic acids is 1. The molecule has 1 amide bonds. The maximum Gasteiger partial charge on any atom is 0.255 e. The molecule has 0 spiro atoms. The van der Waals surface area contributed by atoms with Gasteiger partial charge in [0.05, 0.1) is 10.6 Å². The molecule has 1 aliphatic carbocycles. The van der Waals surface area contributed by atoms with E-state index in [0.29, 0.717) is 22.2 Å². The van der Waals surface area contributed by atoms with E-state index >= 15 is 0 Å². The molecule has 22 heavy (non-hydrogen) atoms. The standard InChI is InChI=1S/C17H14Cl2FNO/c18-12-3-8-15(16(19)9-12)17(22)21(14-6-7-14)10-11-1-4-13(20)5-2-11/h1-5,8-9,14H,6-7,10H2. The van der Waals surface area contributed by atoms with Crippen LogP contribution >= 0.6 is 23.2 Å². The monoisotopic (exact) mass is 337 g/mol. The molecule has 3 rings (SSSR count). The second kappa shape index (κ2) is 6.27. The Morgan fingerprint density at radius 2 is 1.82 bits per heavy atom. The maximum absolute atomic E-state index is 13.0. The summed E-state index contributed by atoms with van der Waals surface area (Å²) in [5.74, 6) is -0.401. The molecule has 5 heteroatoms. The molecule has 0 aliphatic heterocycles. The molecule has 0 radical (unpaired) electrons. The van der Waals surface area contributed by atoms with Crippen LogP contribution in [0.4, 0.5) is 4.39 Å². The molecule has 0 bridgehead atoms. The fourth-order valence-electron chi connectivity index (χ4n) is 2.36. The van der Waals surface area contributed by atoms with Gasteiger partial charge in [-0.3, -0.25) is 4.79 Å². The Labute approximate surface area is 138 Å². The second-order valence-electron chi connectivity index (χ2n) is 5.41. The highest BCUT2D eigenvalue weighted by Crippen LogP contribution is 2.31. The molecule has 2 aromatic rings. The topological polar surface area (TPSA) is 20.3 Å². The summed E-state index contributed by atoms with van der Waals surface area (Å²) in [6, 6.07) is 11.3. The van der Waals surface area contributed by atoms with Crippen molar-refractivity contribution in [3.63, 3.8) is 0 Å². The number of rotatable bonds is 4. The predicted octanol–water partition coefficient (Wildman–Crippen LogP) is 4.94. The Balaban J connectivity index is 1.84. The number of hydrogen-bond acceptors (Lipinski definition) is 1. The van der Waals surface area contributed by atoms with Gasteiger partial charge in [-0.05, 0) is 48.7 Å². The first-order valence-corrected chi connectivity index (χ1v) is 7.80. The molecule has 0 atom stereocenters. The molecule has 2 nitrogen and oxygen atoms in total. The van der Waals surface area contributed by atoms with Gasteiger partial charge >= 0.3 is 0 Å². The minimum Gasteiger partial charge on any atom is -0.331 e. The van der Waals surface area contributed by atoms with Crippen molar-refractivity contribution in [1.29, 1.82) is 0 Å². The Bertz CT molecular complexity index is 698. The van der Waals surface area contributed by atoms with Crippen LogP contribution in [-0.2, 0) is 6.54 Å². The lowest BCUT2D eigenvalue weighted by Gasteiger charge is -2.23. The molecule has 1 saturated carbocycles. The van der Waals surface area contributed by atoms with E-state index < -0.39 is 0 Å². The van der Waals surface area contributed by atoms with Gasteiger partial charge in [-0.25, -0.2) is 4.39 Å². The molecular formula is C17H14Cl2FNO. The van der Waals surface area contributed by atoms with Crippen molar-refractivity contribution in [3.05, 3.63) is 69.5 Å². The first-order valence-electron chi connectivity index (χ1n) is 7.05. The van der Waals surface area contributed by atoms with Gasteiger partial charge in [0, 0.05) is 17.6 Å². The Morgan fingerprint density at radius 1 is 1.14 bits per heavy atom. The molecule has 0 saturated heterocycles. The summed E-state index contributed by atoms with van der Waals surface area (Å²) in [5, 5.41) is 0.848. The van der Waals surface area contributed by atoms with Crippen molar-refractivity contribution < 1.29 is 9.18 Å². The molecule has 114 valence electrons. The number of hydrogen-bond donors (Lipinski definition) is 0. The normalized spacial score (nSPS) is 14.0. The third-order valence-corrected chi connectivity index (χ3v) is 4.22. The van der Waals surface area contributed by atoms with Crippen LogP contribution in [0.15, 0.2) is 42.5 Å². The molecule has 1 aliphatic rings. The highest BCUT2D eigenvalue weighted by molar-refractivity contribution is 6.36. The van der Waals surface area contributed by atoms with Gasteiger partial charge in [-0.1, -0.05) is 35.3 Å². The zero-order chi connectivity index (χ0) is 15.7. The van der Waals surface area contributed by atoms with Crippen LogP contribution in [0.2, 0.25) is 10.0 Å². The summed E-state index contributed by atoms with van der Waals surface area (Å²) in [6.45, 7) is 0.447. The summed E-state index contributed by atoms with van der Waals surface area (Å²) in [7, 11) is 0. The predicted molar refractivity (Wildman–Crippen MR) is 85.8 cm³/mol. The van der Waals surface area contributed by atoms with Crippen molar-refractivity contribution >= 4 is 29.1 Å². The maximum atomic E-state index is 13.0. The molecule has 1 fully saturated rings. The SMILES string of the molecule is O=C(c1ccc(Cl)cc1Cl)N(Cc1ccc(F)cc1)C1CC1. The fourth-order valence-corrected chi connectivity index (χ4v) is 2.85. The highest BCUT2D eigenvalue weighted by atomic mass is 35.5. The van der Waals surface area contributed by atoms with E-state index in [0.717, 1.165) is 18.4 Å². The van der Waals surface area contributed by atoms with Crippen LogP contribution in [-0.4, -0.2) is 16.8 Å². The Kier molecular flexibility index (Phi) is 4.37. The van der Waals surface area contributed by atoms with Gasteiger partial charge < -0.3 is 4.90 Å². The Hall–Kier alpha value is -1.58. The number of halogens is 3. The van der Waals surface area contributed by atoms with E-state index in [2.05, 4.69) is 0 Å². The molecule has 2 aromatic carbocycles. The van der Waals surface area contributed by atoms with Crippen molar-refractivity contribution in [1.82, 2.24) is 4.90 Å². The van der Waals surface area contributed by atoms with E-state index in [-0.39, 0.29) is 17.8 Å². The number of carbonyl (C=O) groups is 1. The van der Waals surface area contributed by atoms with Crippen LogP contribution < -0.4 is 0 Å². The summed E-state index contributed by atoms with van der Waals surface area (Å²) < 4.78 is 13.0. The number of nitrogens with zero attached hydrogens (tertiary/aromatic N) is 1. The third-order valence-electron chi connectivity index (χ3n) is 3.68. The van der Waals surface area contributed by atoms with Gasteiger partial charge in [0.1, 0.15) is 5.82 Å². The van der Waals surface area contributed by atoms with Crippen molar-refractivity contribution in [2.45, 2.75) is 25.4 Å². The van der Waals surface area contributed by atoms with Crippen molar-refractivity contribution in [2.24, 2.45) is 0 Å². The first-order chi connectivity index (χ1) is 10.5. The lowest BCUT2D eigenvalue weighted by atomic mass is 10.1. The smallest absolute Gasteiger partial charge is 0.255 e. The zero-order valence-corrected chi connectivity index (χ0v) is 13.2. The lowest BCUT2D eigenvalue weighted by Crippen LogP contribution is -2.32. The van der Waals surface area contributed by atoms with E-state index in [4.69, 9.17) is 23.2 Å². The van der Waals surface area contributed by atoms with E-state index in [1.807, 2.05) is 0 Å². The molecular weight excluding hydrogens is 324 g/mol. The second-order valence-corrected chi connectivity index (χ2v) is 6.26. The van der Waals surface area contributed by atoms with Gasteiger partial charge in [0.25, 0.3) is 5.91 Å². The van der Waals surface area contributed by atoms with E-state index in [1.54, 1.807) is 35.2 Å². The molecule has 0 N–H and O–H groups in total. The zero-order valence-electron chi connectivity index (χ0n) is 11.7. The minimum atomic E-state index is -0.284. The quantitative estimate of drug-likeness (QED) is 0.773. The Morgan fingerprint density at radius 3 is 2.41 bits per heavy atom. The third kappa shape index (κ3) is 3.42. The number of amides is 1. The van der Waals surface area contributed by atoms with Crippen LogP contribution in [0.1, 0.15) is 28.8 Å². The van der Waals surface area contributed by atoms with Crippen LogP contribution in [0.25, 0.3) is 0 Å². The number of benzene rings is 2. The van der Waals surface area contributed by atoms with Crippen LogP contribution in [0.3, 0.4) is 0 Å². The van der Waals surface area contributed by atoms with Crippen LogP contribution in [0.5, 0.6) is 0 Å². The van der Waals surface area contributed by atoms with E-state index in [1.165, 1.54) is 12.1 Å². The van der Waals surface area contributed by atoms with E-state index in [9.17, 15) is 9.18 Å². The molecule has 0 heterocycles. The fraction of sp³-hybridized carbons (Fsp3) is 0.235. The van der Waals surface area contributed by atoms with Gasteiger partial charge in [-0.2, -0.15) is 0 Å². The summed E-state index contributed by atoms with van der Waals surface area (Å²) in [6.07, 6.45) is 1.97. The van der Waals surface area contributed by atoms with Gasteiger partial charge in [-0.15, -0.1) is 0 Å². The van der Waals surface area contributed by atoms with Crippen molar-refractivity contribution in [2.75, 3.05) is 0 Å². The van der Waals surface area contributed by atoms with Crippen LogP contribution in [0, 0.1) is 5.82 Å². The highest BCUT2D eigenvalue weighted by Gasteiger charge is 2.33. The summed E-state index contributed by atoms with van der Waals surface area (Å²) in [5.41, 5.74) is 1.34. The molecule has 0 aromatic heterocycles. The van der Waals surface area contributed by atoms with Crippen molar-refractivity contribution in [3.8, 4) is 0 Å². The van der Waals surface area contributed by atoms with Gasteiger partial charge in [0.2, 0.25) is 0 Å². The average Bonchev–Trinajstić information content (AvgIpc) is 3.30. The van der Waals surface area contributed by atoms with Gasteiger partial charge in [0.15, 0.2) is 0 Å².